The van der Waals surface area contributed by atoms with E-state index in [1.165, 1.54) is 25.2 Å². The van der Waals surface area contributed by atoms with Gasteiger partial charge in [0.1, 0.15) is 0 Å². The van der Waals surface area contributed by atoms with Gasteiger partial charge in [-0.05, 0) is 30.3 Å². The van der Waals surface area contributed by atoms with E-state index in [0.29, 0.717) is 10.7 Å². The Balaban J connectivity index is 1.94. The third-order valence-electron chi connectivity index (χ3n) is 3.68. The summed E-state index contributed by atoms with van der Waals surface area (Å²) in [6, 6.07) is 12.0. The molecule has 1 heterocycles. The fourth-order valence-corrected chi connectivity index (χ4v) is 2.65. The number of urea groups is 1. The van der Waals surface area contributed by atoms with Crippen molar-refractivity contribution in [2.24, 2.45) is 0 Å². The Kier molecular flexibility index (Phi) is 4.65. The first kappa shape index (κ1) is 17.3. The molecule has 0 aliphatic carbocycles. The summed E-state index contributed by atoms with van der Waals surface area (Å²) in [6.45, 7) is 0. The highest BCUT2D eigenvalue weighted by Gasteiger charge is 2.47. The second kappa shape index (κ2) is 6.74. The lowest BCUT2D eigenvalue weighted by Gasteiger charge is -2.22. The Morgan fingerprint density at radius 1 is 1.04 bits per heavy atom. The predicted octanol–water partition coefficient (Wildman–Crippen LogP) is 3.57. The minimum absolute atomic E-state index is 0.210. The number of likely N-dealkylation sites (N-methyl/N-ethyl adjacent to an activating group) is 1. The molecule has 0 saturated carbocycles. The van der Waals surface area contributed by atoms with Crippen molar-refractivity contribution in [3.05, 3.63) is 64.1 Å². The fraction of sp³-hybridized carbons (Fsp3) is 0.118. The third-order valence-corrected chi connectivity index (χ3v) is 4.42. The maximum Gasteiger partial charge on any atom is 0.340 e. The number of imide groups is 1. The molecule has 0 bridgehead atoms. The van der Waals surface area contributed by atoms with Crippen molar-refractivity contribution in [2.75, 3.05) is 11.9 Å². The van der Waals surface area contributed by atoms with Crippen molar-refractivity contribution in [2.45, 2.75) is 6.23 Å². The van der Waals surface area contributed by atoms with E-state index in [2.05, 4.69) is 0 Å². The topological polar surface area (TPSA) is 66.9 Å². The average Bonchev–Trinajstić information content (AvgIpc) is 2.82. The number of benzene rings is 2. The van der Waals surface area contributed by atoms with E-state index in [1.807, 2.05) is 0 Å². The van der Waals surface area contributed by atoms with E-state index in [1.54, 1.807) is 30.3 Å². The van der Waals surface area contributed by atoms with Gasteiger partial charge >= 0.3 is 12.0 Å². The van der Waals surface area contributed by atoms with Crippen LogP contribution in [0.5, 0.6) is 0 Å². The summed E-state index contributed by atoms with van der Waals surface area (Å²) in [7, 11) is 1.31. The second-order valence-corrected chi connectivity index (χ2v) is 6.09. The van der Waals surface area contributed by atoms with Crippen molar-refractivity contribution < 1.29 is 19.1 Å². The molecule has 6 nitrogen and oxygen atoms in total. The summed E-state index contributed by atoms with van der Waals surface area (Å²) in [6.07, 6.45) is -1.41. The first-order valence-electron chi connectivity index (χ1n) is 7.22. The van der Waals surface area contributed by atoms with Crippen LogP contribution in [0, 0.1) is 0 Å². The van der Waals surface area contributed by atoms with Gasteiger partial charge in [-0.15, -0.1) is 0 Å². The highest BCUT2D eigenvalue weighted by atomic mass is 35.5. The number of carbonyl (C=O) groups excluding carboxylic acids is 3. The van der Waals surface area contributed by atoms with E-state index in [4.69, 9.17) is 27.9 Å². The summed E-state index contributed by atoms with van der Waals surface area (Å²) in [5.74, 6) is -1.37. The van der Waals surface area contributed by atoms with Crippen LogP contribution in [-0.4, -0.2) is 36.1 Å². The van der Waals surface area contributed by atoms with Gasteiger partial charge < -0.3 is 4.74 Å². The van der Waals surface area contributed by atoms with Crippen LogP contribution in [0.15, 0.2) is 48.5 Å². The Hall–Kier alpha value is -2.57. The normalized spacial score (nSPS) is 17.2. The number of ether oxygens (including phenoxy) is 1. The average molecular weight is 379 g/mol. The van der Waals surface area contributed by atoms with Crippen LogP contribution >= 0.6 is 23.2 Å². The lowest BCUT2D eigenvalue weighted by Crippen LogP contribution is -2.39. The maximum atomic E-state index is 12.4. The molecule has 0 spiro atoms. The molecule has 2 aromatic carbocycles. The molecule has 1 fully saturated rings. The van der Waals surface area contributed by atoms with Crippen molar-refractivity contribution in [1.29, 1.82) is 0 Å². The van der Waals surface area contributed by atoms with Crippen molar-refractivity contribution in [3.63, 3.8) is 0 Å². The number of rotatable bonds is 3. The summed E-state index contributed by atoms with van der Waals surface area (Å²) < 4.78 is 5.29. The fourth-order valence-electron chi connectivity index (χ4n) is 2.36. The molecule has 1 aliphatic heterocycles. The third kappa shape index (κ3) is 3.18. The first-order valence-corrected chi connectivity index (χ1v) is 7.97. The summed E-state index contributed by atoms with van der Waals surface area (Å²) >= 11 is 11.9. The molecular weight excluding hydrogens is 367 g/mol. The van der Waals surface area contributed by atoms with Gasteiger partial charge in [-0.3, -0.25) is 9.69 Å². The molecule has 1 aliphatic rings. The van der Waals surface area contributed by atoms with E-state index in [0.717, 1.165) is 9.80 Å². The van der Waals surface area contributed by atoms with Gasteiger partial charge in [0.2, 0.25) is 0 Å². The second-order valence-electron chi connectivity index (χ2n) is 5.27. The highest BCUT2D eigenvalue weighted by molar-refractivity contribution is 6.42. The number of hydrogen-bond acceptors (Lipinski definition) is 4. The van der Waals surface area contributed by atoms with E-state index < -0.39 is 24.1 Å². The minimum atomic E-state index is -1.41. The van der Waals surface area contributed by atoms with E-state index in [-0.39, 0.29) is 10.6 Å². The van der Waals surface area contributed by atoms with Crippen LogP contribution in [0.2, 0.25) is 10.0 Å². The molecule has 1 atom stereocenters. The minimum Gasteiger partial charge on any atom is -0.428 e. The Bertz CT molecular complexity index is 857. The Morgan fingerprint density at radius 3 is 2.36 bits per heavy atom. The van der Waals surface area contributed by atoms with Crippen molar-refractivity contribution >= 4 is 46.8 Å². The number of hydrogen-bond donors (Lipinski definition) is 0. The molecule has 25 heavy (non-hydrogen) atoms. The number of amides is 3. The SMILES string of the molecule is CN1C(=O)[C@@H](OC(=O)c2ccccc2)N(c2ccc(Cl)c(Cl)c2)C1=O. The summed E-state index contributed by atoms with van der Waals surface area (Å²) in [5.41, 5.74) is 0.564. The van der Waals surface area contributed by atoms with Crippen molar-refractivity contribution in [3.8, 4) is 0 Å². The molecule has 3 rings (SSSR count). The monoisotopic (exact) mass is 378 g/mol. The largest absolute Gasteiger partial charge is 0.428 e. The maximum absolute atomic E-state index is 12.4. The van der Waals surface area contributed by atoms with Crippen LogP contribution in [0.3, 0.4) is 0 Å². The van der Waals surface area contributed by atoms with Gasteiger partial charge in [0.25, 0.3) is 12.1 Å². The number of anilines is 1. The van der Waals surface area contributed by atoms with Gasteiger partial charge in [0, 0.05) is 7.05 Å². The van der Waals surface area contributed by atoms with Gasteiger partial charge in [0.05, 0.1) is 21.3 Å². The smallest absolute Gasteiger partial charge is 0.340 e. The zero-order valence-electron chi connectivity index (χ0n) is 13.0. The number of esters is 1. The standard InChI is InChI=1S/C17H12Cl2N2O4/c1-20-14(22)15(25-16(23)10-5-3-2-4-6-10)21(17(20)24)11-7-8-12(18)13(19)9-11/h2-9,15H,1H3/t15-/m1/s1. The first-order chi connectivity index (χ1) is 11.9. The van der Waals surface area contributed by atoms with Gasteiger partial charge in [-0.2, -0.15) is 0 Å². The lowest BCUT2D eigenvalue weighted by molar-refractivity contribution is -0.132. The molecule has 3 amide bonds. The molecule has 2 aromatic rings. The summed E-state index contributed by atoms with van der Waals surface area (Å²) in [4.78, 5) is 39.0. The summed E-state index contributed by atoms with van der Waals surface area (Å²) in [5, 5.41) is 0.511. The predicted molar refractivity (Wildman–Crippen MR) is 92.8 cm³/mol. The van der Waals surface area contributed by atoms with E-state index >= 15 is 0 Å². The number of halogens is 2. The van der Waals surface area contributed by atoms with Crippen LogP contribution in [-0.2, 0) is 9.53 Å². The molecule has 8 heteroatoms. The Labute approximate surface area is 153 Å². The van der Waals surface area contributed by atoms with Gasteiger partial charge in [0.15, 0.2) is 0 Å². The van der Waals surface area contributed by atoms with Crippen LogP contribution in [0.1, 0.15) is 10.4 Å². The number of nitrogens with zero attached hydrogens (tertiary/aromatic N) is 2. The Morgan fingerprint density at radius 2 is 1.72 bits per heavy atom. The molecule has 0 N–H and O–H groups in total. The van der Waals surface area contributed by atoms with Crippen LogP contribution in [0.4, 0.5) is 10.5 Å². The molecule has 128 valence electrons. The lowest BCUT2D eigenvalue weighted by atomic mass is 10.2. The molecule has 1 saturated heterocycles. The van der Waals surface area contributed by atoms with Gasteiger partial charge in [-0.25, -0.2) is 14.5 Å². The van der Waals surface area contributed by atoms with Crippen molar-refractivity contribution in [1.82, 2.24) is 4.90 Å². The van der Waals surface area contributed by atoms with Gasteiger partial charge in [-0.1, -0.05) is 41.4 Å². The van der Waals surface area contributed by atoms with E-state index in [9.17, 15) is 14.4 Å². The zero-order valence-corrected chi connectivity index (χ0v) is 14.5. The molecular formula is C17H12Cl2N2O4. The molecule has 0 aromatic heterocycles. The number of carbonyl (C=O) groups is 3. The quantitative estimate of drug-likeness (QED) is 0.604. The zero-order chi connectivity index (χ0) is 18.1. The van der Waals surface area contributed by atoms with Crippen LogP contribution in [0.25, 0.3) is 0 Å². The highest BCUT2D eigenvalue weighted by Crippen LogP contribution is 2.31. The molecule has 0 unspecified atom stereocenters. The molecule has 0 radical (unpaired) electrons. The van der Waals surface area contributed by atoms with Crippen LogP contribution < -0.4 is 4.90 Å².